The number of hydrogen-bond acceptors (Lipinski definition) is 3. The molecule has 1 aliphatic carbocycles. The fourth-order valence-electron chi connectivity index (χ4n) is 2.36. The van der Waals surface area contributed by atoms with Crippen LogP contribution in [0.2, 0.25) is 0 Å². The van der Waals surface area contributed by atoms with E-state index in [0.717, 1.165) is 25.7 Å². The summed E-state index contributed by atoms with van der Waals surface area (Å²) >= 11 is 0. The van der Waals surface area contributed by atoms with Crippen molar-refractivity contribution in [3.63, 3.8) is 0 Å². The fourth-order valence-corrected chi connectivity index (χ4v) is 2.36. The number of carbonyl (C=O) groups is 1. The van der Waals surface area contributed by atoms with Crippen LogP contribution in [0.1, 0.15) is 36.3 Å². The summed E-state index contributed by atoms with van der Waals surface area (Å²) in [5.41, 5.74) is 0. The van der Waals surface area contributed by atoms with Gasteiger partial charge in [-0.2, -0.15) is 0 Å². The van der Waals surface area contributed by atoms with E-state index in [2.05, 4.69) is 15.6 Å². The van der Waals surface area contributed by atoms with Gasteiger partial charge < -0.3 is 15.2 Å². The number of rotatable bonds is 3. The third kappa shape index (κ3) is 2.85. The molecule has 0 atom stereocenters. The highest BCUT2D eigenvalue weighted by molar-refractivity contribution is 5.90. The van der Waals surface area contributed by atoms with Crippen LogP contribution in [0.4, 0.5) is 0 Å². The number of imidazole rings is 1. The van der Waals surface area contributed by atoms with Crippen molar-refractivity contribution in [2.24, 2.45) is 7.05 Å². The van der Waals surface area contributed by atoms with E-state index in [0.29, 0.717) is 17.9 Å². The Morgan fingerprint density at radius 1 is 1.35 bits per heavy atom. The molecule has 0 spiro atoms. The number of carbonyl (C=O) groups excluding carboxylic acids is 1. The van der Waals surface area contributed by atoms with E-state index >= 15 is 0 Å². The summed E-state index contributed by atoms with van der Waals surface area (Å²) in [7, 11) is 3.83. The monoisotopic (exact) mass is 236 g/mol. The second-order valence-corrected chi connectivity index (χ2v) is 4.67. The van der Waals surface area contributed by atoms with E-state index in [1.165, 1.54) is 0 Å². The third-order valence-electron chi connectivity index (χ3n) is 3.49. The van der Waals surface area contributed by atoms with Crippen molar-refractivity contribution in [3.8, 4) is 0 Å². The predicted octanol–water partition coefficient (Wildman–Crippen LogP) is 0.680. The van der Waals surface area contributed by atoms with Crippen LogP contribution in [-0.2, 0) is 7.05 Å². The highest BCUT2D eigenvalue weighted by Gasteiger charge is 2.22. The molecule has 0 bridgehead atoms. The summed E-state index contributed by atoms with van der Waals surface area (Å²) in [6.45, 7) is 0. The summed E-state index contributed by atoms with van der Waals surface area (Å²) in [5.74, 6) is 0.422. The maximum Gasteiger partial charge on any atom is 0.287 e. The van der Waals surface area contributed by atoms with Gasteiger partial charge in [-0.25, -0.2) is 4.98 Å². The van der Waals surface area contributed by atoms with Crippen LogP contribution in [0.15, 0.2) is 12.4 Å². The van der Waals surface area contributed by atoms with E-state index < -0.39 is 0 Å². The van der Waals surface area contributed by atoms with Gasteiger partial charge in [0.05, 0.1) is 0 Å². The van der Waals surface area contributed by atoms with Gasteiger partial charge in [0.15, 0.2) is 5.82 Å². The normalized spacial score (nSPS) is 24.6. The SMILES string of the molecule is CNC1CCC(NC(=O)c2nccn2C)CC1. The molecule has 0 saturated heterocycles. The summed E-state index contributed by atoms with van der Waals surface area (Å²) in [6, 6.07) is 0.903. The zero-order valence-corrected chi connectivity index (χ0v) is 10.4. The first-order valence-electron chi connectivity index (χ1n) is 6.16. The topological polar surface area (TPSA) is 58.9 Å². The molecule has 5 nitrogen and oxygen atoms in total. The maximum absolute atomic E-state index is 11.9. The van der Waals surface area contributed by atoms with Gasteiger partial charge >= 0.3 is 0 Å². The van der Waals surface area contributed by atoms with Crippen LogP contribution in [0.25, 0.3) is 0 Å². The minimum absolute atomic E-state index is 0.0644. The lowest BCUT2D eigenvalue weighted by atomic mass is 9.91. The van der Waals surface area contributed by atoms with E-state index in [9.17, 15) is 4.79 Å². The average molecular weight is 236 g/mol. The van der Waals surface area contributed by atoms with Crippen molar-refractivity contribution in [3.05, 3.63) is 18.2 Å². The number of nitrogens with one attached hydrogen (secondary N) is 2. The lowest BCUT2D eigenvalue weighted by Crippen LogP contribution is -2.42. The van der Waals surface area contributed by atoms with E-state index in [-0.39, 0.29) is 5.91 Å². The second-order valence-electron chi connectivity index (χ2n) is 4.67. The highest BCUT2D eigenvalue weighted by atomic mass is 16.2. The van der Waals surface area contributed by atoms with Crippen molar-refractivity contribution < 1.29 is 4.79 Å². The lowest BCUT2D eigenvalue weighted by Gasteiger charge is -2.28. The Morgan fingerprint density at radius 3 is 2.53 bits per heavy atom. The molecule has 0 radical (unpaired) electrons. The van der Waals surface area contributed by atoms with Gasteiger partial charge in [0.1, 0.15) is 0 Å². The van der Waals surface area contributed by atoms with Gasteiger partial charge in [-0.1, -0.05) is 0 Å². The zero-order valence-electron chi connectivity index (χ0n) is 10.4. The summed E-state index contributed by atoms with van der Waals surface area (Å²) in [4.78, 5) is 16.0. The Kier molecular flexibility index (Phi) is 3.78. The molecule has 1 heterocycles. The lowest BCUT2D eigenvalue weighted by molar-refractivity contribution is 0.0911. The van der Waals surface area contributed by atoms with Gasteiger partial charge in [0, 0.05) is 31.5 Å². The Morgan fingerprint density at radius 2 is 2.00 bits per heavy atom. The minimum Gasteiger partial charge on any atom is -0.347 e. The Balaban J connectivity index is 1.86. The Hall–Kier alpha value is -1.36. The fraction of sp³-hybridized carbons (Fsp3) is 0.667. The summed E-state index contributed by atoms with van der Waals surface area (Å²) in [6.07, 6.45) is 7.77. The first kappa shape index (κ1) is 12.1. The molecule has 2 rings (SSSR count). The number of nitrogens with zero attached hydrogens (tertiary/aromatic N) is 2. The molecule has 17 heavy (non-hydrogen) atoms. The summed E-state index contributed by atoms with van der Waals surface area (Å²) in [5, 5.41) is 6.34. The van der Waals surface area contributed by atoms with Crippen molar-refractivity contribution in [2.75, 3.05) is 7.05 Å². The van der Waals surface area contributed by atoms with Gasteiger partial charge in [-0.3, -0.25) is 4.79 Å². The van der Waals surface area contributed by atoms with Crippen LogP contribution in [0.3, 0.4) is 0 Å². The molecule has 2 N–H and O–H groups in total. The molecule has 0 aliphatic heterocycles. The van der Waals surface area contributed by atoms with Crippen molar-refractivity contribution in [1.82, 2.24) is 20.2 Å². The predicted molar refractivity (Wildman–Crippen MR) is 65.8 cm³/mol. The molecule has 1 fully saturated rings. The summed E-state index contributed by atoms with van der Waals surface area (Å²) < 4.78 is 1.74. The van der Waals surface area contributed by atoms with Crippen molar-refractivity contribution >= 4 is 5.91 Å². The van der Waals surface area contributed by atoms with E-state index in [1.54, 1.807) is 17.0 Å². The van der Waals surface area contributed by atoms with Crippen LogP contribution < -0.4 is 10.6 Å². The van der Waals surface area contributed by atoms with Crippen molar-refractivity contribution in [2.45, 2.75) is 37.8 Å². The molecule has 1 aromatic rings. The molecule has 1 aliphatic rings. The highest BCUT2D eigenvalue weighted by Crippen LogP contribution is 2.18. The average Bonchev–Trinajstić information content (AvgIpc) is 2.76. The molecule has 5 heteroatoms. The van der Waals surface area contributed by atoms with Crippen molar-refractivity contribution in [1.29, 1.82) is 0 Å². The molecule has 0 aromatic carbocycles. The first-order valence-corrected chi connectivity index (χ1v) is 6.16. The smallest absolute Gasteiger partial charge is 0.287 e. The molecule has 1 aromatic heterocycles. The van der Waals surface area contributed by atoms with E-state index in [4.69, 9.17) is 0 Å². The molecule has 94 valence electrons. The van der Waals surface area contributed by atoms with E-state index in [1.807, 2.05) is 14.1 Å². The second kappa shape index (κ2) is 5.31. The zero-order chi connectivity index (χ0) is 12.3. The largest absolute Gasteiger partial charge is 0.347 e. The van der Waals surface area contributed by atoms with Crippen LogP contribution in [0, 0.1) is 0 Å². The van der Waals surface area contributed by atoms with Crippen LogP contribution >= 0.6 is 0 Å². The van der Waals surface area contributed by atoms with Gasteiger partial charge in [-0.15, -0.1) is 0 Å². The number of aromatic nitrogens is 2. The number of hydrogen-bond donors (Lipinski definition) is 2. The molecule has 0 unspecified atom stereocenters. The Labute approximate surface area is 102 Å². The maximum atomic E-state index is 11.9. The van der Waals surface area contributed by atoms with Gasteiger partial charge in [0.25, 0.3) is 5.91 Å². The third-order valence-corrected chi connectivity index (χ3v) is 3.49. The molecular weight excluding hydrogens is 216 g/mol. The minimum atomic E-state index is -0.0644. The quantitative estimate of drug-likeness (QED) is 0.811. The number of amides is 1. The standard InChI is InChI=1S/C12H20N4O/c1-13-9-3-5-10(6-4-9)15-12(17)11-14-7-8-16(11)2/h7-10,13H,3-6H2,1-2H3,(H,15,17). The Bertz CT molecular complexity index is 380. The van der Waals surface area contributed by atoms with Crippen LogP contribution in [-0.4, -0.2) is 34.6 Å². The first-order chi connectivity index (χ1) is 8.20. The molecule has 1 amide bonds. The number of aryl methyl sites for hydroxylation is 1. The van der Waals surface area contributed by atoms with Gasteiger partial charge in [0.2, 0.25) is 0 Å². The van der Waals surface area contributed by atoms with Gasteiger partial charge in [-0.05, 0) is 32.7 Å². The molecule has 1 saturated carbocycles. The molecular formula is C12H20N4O. The van der Waals surface area contributed by atoms with Crippen LogP contribution in [0.5, 0.6) is 0 Å².